The molecule has 43 heavy (non-hydrogen) atoms. The summed E-state index contributed by atoms with van der Waals surface area (Å²) in [5.74, 6) is -0.804. The third-order valence-corrected chi connectivity index (χ3v) is 9.22. The molecule has 0 radical (unpaired) electrons. The number of nitrogens with zero attached hydrogens (tertiary/aromatic N) is 2. The molecular formula is C34H36BrN3O4S. The maximum Gasteiger partial charge on any atom is 0.264 e. The van der Waals surface area contributed by atoms with Crippen LogP contribution in [0, 0.1) is 6.92 Å². The SMILES string of the molecule is Cc1ccc(S(=O)(=O)N(CC(=O)N(Cc2ccccc2)[C@H](Cc2ccccc2)C(=O)NC(C)C)c2ccc(Br)cc2)cc1. The topological polar surface area (TPSA) is 86.8 Å². The van der Waals surface area contributed by atoms with Gasteiger partial charge in [-0.25, -0.2) is 8.42 Å². The van der Waals surface area contributed by atoms with Crippen LogP contribution in [-0.4, -0.2) is 43.8 Å². The Bertz CT molecular complexity index is 1610. The summed E-state index contributed by atoms with van der Waals surface area (Å²) in [5.41, 5.74) is 2.96. The Hall–Kier alpha value is -3.95. The first-order chi connectivity index (χ1) is 20.5. The summed E-state index contributed by atoms with van der Waals surface area (Å²) in [5, 5.41) is 2.97. The molecule has 0 aliphatic heterocycles. The molecule has 2 amide bonds. The lowest BCUT2D eigenvalue weighted by atomic mass is 10.0. The van der Waals surface area contributed by atoms with Gasteiger partial charge in [-0.1, -0.05) is 94.3 Å². The molecule has 0 heterocycles. The Labute approximate surface area is 262 Å². The largest absolute Gasteiger partial charge is 0.352 e. The molecule has 1 N–H and O–H groups in total. The number of halogens is 1. The van der Waals surface area contributed by atoms with Gasteiger partial charge in [0.1, 0.15) is 12.6 Å². The fourth-order valence-electron chi connectivity index (χ4n) is 4.69. The molecule has 4 rings (SSSR count). The second-order valence-electron chi connectivity index (χ2n) is 10.7. The van der Waals surface area contributed by atoms with Crippen molar-refractivity contribution in [2.45, 2.75) is 50.7 Å². The lowest BCUT2D eigenvalue weighted by Crippen LogP contribution is -2.54. The first-order valence-corrected chi connectivity index (χ1v) is 16.3. The average Bonchev–Trinajstić information content (AvgIpc) is 2.99. The van der Waals surface area contributed by atoms with Gasteiger partial charge in [0.05, 0.1) is 10.6 Å². The van der Waals surface area contributed by atoms with Gasteiger partial charge in [0.15, 0.2) is 0 Å². The quantitative estimate of drug-likeness (QED) is 0.198. The maximum absolute atomic E-state index is 14.4. The molecule has 4 aromatic carbocycles. The maximum atomic E-state index is 14.4. The molecule has 0 fully saturated rings. The number of aryl methyl sites for hydroxylation is 1. The molecule has 224 valence electrons. The zero-order valence-electron chi connectivity index (χ0n) is 24.5. The minimum Gasteiger partial charge on any atom is -0.352 e. The number of rotatable bonds is 12. The van der Waals surface area contributed by atoms with Crippen molar-refractivity contribution in [3.05, 3.63) is 130 Å². The fraction of sp³-hybridized carbons (Fsp3) is 0.235. The van der Waals surface area contributed by atoms with Gasteiger partial charge in [-0.15, -0.1) is 0 Å². The van der Waals surface area contributed by atoms with Gasteiger partial charge < -0.3 is 10.2 Å². The van der Waals surface area contributed by atoms with Crippen molar-refractivity contribution in [2.24, 2.45) is 0 Å². The van der Waals surface area contributed by atoms with Crippen LogP contribution < -0.4 is 9.62 Å². The van der Waals surface area contributed by atoms with E-state index in [2.05, 4.69) is 21.2 Å². The predicted octanol–water partition coefficient (Wildman–Crippen LogP) is 6.12. The zero-order valence-corrected chi connectivity index (χ0v) is 26.9. The highest BCUT2D eigenvalue weighted by molar-refractivity contribution is 9.10. The van der Waals surface area contributed by atoms with Crippen molar-refractivity contribution >= 4 is 43.5 Å². The van der Waals surface area contributed by atoms with Gasteiger partial charge in [-0.2, -0.15) is 0 Å². The van der Waals surface area contributed by atoms with Crippen LogP contribution in [0.4, 0.5) is 5.69 Å². The number of amides is 2. The standard InChI is InChI=1S/C34H36BrN3O4S/c1-25(2)36-34(40)32(22-27-10-6-4-7-11-27)37(23-28-12-8-5-9-13-28)33(39)24-38(30-18-16-29(35)17-19-30)43(41,42)31-20-14-26(3)15-21-31/h4-21,25,32H,22-24H2,1-3H3,(H,36,40)/t32-/m1/s1. The summed E-state index contributed by atoms with van der Waals surface area (Å²) in [7, 11) is -4.14. The molecule has 0 aliphatic carbocycles. The number of benzene rings is 4. The molecular weight excluding hydrogens is 626 g/mol. The van der Waals surface area contributed by atoms with Crippen LogP contribution in [0.5, 0.6) is 0 Å². The van der Waals surface area contributed by atoms with Crippen LogP contribution in [0.3, 0.4) is 0 Å². The summed E-state index contributed by atoms with van der Waals surface area (Å²) in [6, 6.07) is 31.1. The van der Waals surface area contributed by atoms with Crippen molar-refractivity contribution in [3.63, 3.8) is 0 Å². The van der Waals surface area contributed by atoms with Gasteiger partial charge >= 0.3 is 0 Å². The van der Waals surface area contributed by atoms with E-state index in [4.69, 9.17) is 0 Å². The van der Waals surface area contributed by atoms with E-state index in [9.17, 15) is 18.0 Å². The molecule has 4 aromatic rings. The molecule has 9 heteroatoms. The molecule has 0 aliphatic rings. The van der Waals surface area contributed by atoms with Gasteiger partial charge in [-0.3, -0.25) is 13.9 Å². The molecule has 0 saturated carbocycles. The third-order valence-electron chi connectivity index (χ3n) is 6.90. The Balaban J connectivity index is 1.78. The van der Waals surface area contributed by atoms with Crippen molar-refractivity contribution in [2.75, 3.05) is 10.8 Å². The summed E-state index contributed by atoms with van der Waals surface area (Å²) in [4.78, 5) is 29.6. The first kappa shape index (κ1) is 32.0. The van der Waals surface area contributed by atoms with E-state index < -0.39 is 28.5 Å². The third kappa shape index (κ3) is 8.55. The van der Waals surface area contributed by atoms with Crippen molar-refractivity contribution in [1.82, 2.24) is 10.2 Å². The molecule has 0 unspecified atom stereocenters. The van der Waals surface area contributed by atoms with E-state index in [1.54, 1.807) is 36.4 Å². The van der Waals surface area contributed by atoms with Crippen molar-refractivity contribution < 1.29 is 18.0 Å². The summed E-state index contributed by atoms with van der Waals surface area (Å²) in [6.07, 6.45) is 0.265. The Morgan fingerprint density at radius 3 is 1.91 bits per heavy atom. The number of carbonyl (C=O) groups excluding carboxylic acids is 2. The van der Waals surface area contributed by atoms with Gasteiger partial charge in [-0.05, 0) is 68.3 Å². The van der Waals surface area contributed by atoms with Crippen LogP contribution in [0.15, 0.2) is 119 Å². The summed E-state index contributed by atoms with van der Waals surface area (Å²) in [6.45, 7) is 5.24. The lowest BCUT2D eigenvalue weighted by molar-refractivity contribution is -0.140. The van der Waals surface area contributed by atoms with Crippen molar-refractivity contribution in [3.8, 4) is 0 Å². The number of carbonyl (C=O) groups is 2. The van der Waals surface area contributed by atoms with Crippen LogP contribution in [-0.2, 0) is 32.6 Å². The summed E-state index contributed by atoms with van der Waals surface area (Å²) < 4.78 is 30.0. The van der Waals surface area contributed by atoms with Crippen LogP contribution >= 0.6 is 15.9 Å². The Morgan fingerprint density at radius 2 is 1.35 bits per heavy atom. The Kier molecular flexibility index (Phi) is 10.8. The highest BCUT2D eigenvalue weighted by Crippen LogP contribution is 2.27. The molecule has 0 aromatic heterocycles. The number of sulfonamides is 1. The lowest BCUT2D eigenvalue weighted by Gasteiger charge is -2.34. The Morgan fingerprint density at radius 1 is 0.791 bits per heavy atom. The predicted molar refractivity (Wildman–Crippen MR) is 174 cm³/mol. The smallest absolute Gasteiger partial charge is 0.264 e. The van der Waals surface area contributed by atoms with E-state index in [1.165, 1.54) is 17.0 Å². The number of nitrogens with one attached hydrogen (secondary N) is 1. The normalized spacial score (nSPS) is 12.0. The van der Waals surface area contributed by atoms with Crippen molar-refractivity contribution in [1.29, 1.82) is 0 Å². The van der Waals surface area contributed by atoms with Gasteiger partial charge in [0.25, 0.3) is 10.0 Å². The van der Waals surface area contributed by atoms with E-state index in [0.717, 1.165) is 25.5 Å². The highest BCUT2D eigenvalue weighted by Gasteiger charge is 2.34. The minimum atomic E-state index is -4.14. The number of hydrogen-bond donors (Lipinski definition) is 1. The number of hydrogen-bond acceptors (Lipinski definition) is 4. The summed E-state index contributed by atoms with van der Waals surface area (Å²) >= 11 is 3.41. The first-order valence-electron chi connectivity index (χ1n) is 14.1. The van der Waals surface area contributed by atoms with Gasteiger partial charge in [0.2, 0.25) is 11.8 Å². The zero-order chi connectivity index (χ0) is 31.0. The van der Waals surface area contributed by atoms with E-state index in [0.29, 0.717) is 5.69 Å². The molecule has 1 atom stereocenters. The molecule has 0 bridgehead atoms. The second-order valence-corrected chi connectivity index (χ2v) is 13.5. The van der Waals surface area contributed by atoms with Gasteiger partial charge in [0, 0.05) is 23.5 Å². The second kappa shape index (κ2) is 14.5. The highest BCUT2D eigenvalue weighted by atomic mass is 79.9. The average molecular weight is 663 g/mol. The van der Waals surface area contributed by atoms with E-state index >= 15 is 0 Å². The van der Waals surface area contributed by atoms with E-state index in [1.807, 2.05) is 81.4 Å². The monoisotopic (exact) mass is 661 g/mol. The minimum absolute atomic E-state index is 0.0711. The van der Waals surface area contributed by atoms with Crippen LogP contribution in [0.1, 0.15) is 30.5 Å². The number of anilines is 1. The fourth-order valence-corrected chi connectivity index (χ4v) is 6.37. The molecule has 7 nitrogen and oxygen atoms in total. The van der Waals surface area contributed by atoms with Crippen LogP contribution in [0.25, 0.3) is 0 Å². The molecule has 0 spiro atoms. The van der Waals surface area contributed by atoms with Crippen LogP contribution in [0.2, 0.25) is 0 Å². The van der Waals surface area contributed by atoms with E-state index in [-0.39, 0.29) is 29.8 Å². The molecule has 0 saturated heterocycles.